The second-order valence-electron chi connectivity index (χ2n) is 8.86. The van der Waals surface area contributed by atoms with E-state index in [1.165, 1.54) is 0 Å². The molecule has 2 aromatic rings. The predicted molar refractivity (Wildman–Crippen MR) is 121 cm³/mol. The van der Waals surface area contributed by atoms with Gasteiger partial charge in [-0.2, -0.15) is 0 Å². The molecule has 0 saturated carbocycles. The van der Waals surface area contributed by atoms with Crippen LogP contribution >= 0.6 is 0 Å². The van der Waals surface area contributed by atoms with Gasteiger partial charge in [-0.1, -0.05) is 48.5 Å². The fraction of sp³-hybridized carbons (Fsp3) is 0.400. The van der Waals surface area contributed by atoms with Crippen LogP contribution < -0.4 is 10.6 Å². The maximum atomic E-state index is 12.3. The van der Waals surface area contributed by atoms with Gasteiger partial charge in [-0.05, 0) is 49.4 Å². The zero-order valence-electron chi connectivity index (χ0n) is 18.7. The van der Waals surface area contributed by atoms with Crippen LogP contribution in [-0.2, 0) is 14.3 Å². The molecular formula is C25H30N2O5. The van der Waals surface area contributed by atoms with Crippen molar-refractivity contribution in [3.05, 3.63) is 59.7 Å². The maximum Gasteiger partial charge on any atom is 0.407 e. The molecule has 0 aliphatic heterocycles. The number of carbonyl (C=O) groups excluding carboxylic acids is 2. The minimum absolute atomic E-state index is 0.0238. The van der Waals surface area contributed by atoms with E-state index in [-0.39, 0.29) is 31.4 Å². The number of nitrogens with one attached hydrogen (secondary N) is 2. The van der Waals surface area contributed by atoms with E-state index in [0.717, 1.165) is 22.3 Å². The van der Waals surface area contributed by atoms with E-state index in [9.17, 15) is 14.4 Å². The van der Waals surface area contributed by atoms with Gasteiger partial charge in [-0.3, -0.25) is 9.59 Å². The highest BCUT2D eigenvalue weighted by Gasteiger charge is 2.29. The van der Waals surface area contributed by atoms with Crippen LogP contribution in [0.4, 0.5) is 4.79 Å². The molecule has 7 nitrogen and oxygen atoms in total. The molecule has 1 aliphatic rings. The average Bonchev–Trinajstić information content (AvgIpc) is 3.05. The Morgan fingerprint density at radius 1 is 1.03 bits per heavy atom. The largest absolute Gasteiger partial charge is 0.481 e. The molecule has 1 atom stereocenters. The Bertz CT molecular complexity index is 956. The van der Waals surface area contributed by atoms with Crippen LogP contribution in [0.15, 0.2) is 48.5 Å². The van der Waals surface area contributed by atoms with Gasteiger partial charge in [0.2, 0.25) is 5.91 Å². The highest BCUT2D eigenvalue weighted by atomic mass is 16.5. The van der Waals surface area contributed by atoms with E-state index in [2.05, 4.69) is 34.9 Å². The van der Waals surface area contributed by atoms with Crippen molar-refractivity contribution in [1.82, 2.24) is 10.6 Å². The Kier molecular flexibility index (Phi) is 7.18. The molecule has 2 aromatic carbocycles. The van der Waals surface area contributed by atoms with Gasteiger partial charge in [0.1, 0.15) is 6.61 Å². The topological polar surface area (TPSA) is 105 Å². The number of ether oxygens (including phenoxy) is 1. The lowest BCUT2D eigenvalue weighted by Crippen LogP contribution is -2.39. The summed E-state index contributed by atoms with van der Waals surface area (Å²) in [5, 5.41) is 14.5. The first-order valence-electron chi connectivity index (χ1n) is 10.8. The molecule has 7 heteroatoms. The third kappa shape index (κ3) is 5.46. The summed E-state index contributed by atoms with van der Waals surface area (Å²) in [4.78, 5) is 35.5. The highest BCUT2D eigenvalue weighted by molar-refractivity contribution is 5.79. The number of aliphatic carboxylic acids is 1. The SMILES string of the molecule is C[C@@H](CC(=O)NCCC(C)(C)C(=O)O)NC(=O)OCC1c2ccccc2-c2ccccc21. The lowest BCUT2D eigenvalue weighted by atomic mass is 9.90. The molecule has 0 radical (unpaired) electrons. The summed E-state index contributed by atoms with van der Waals surface area (Å²) < 4.78 is 5.50. The quantitative estimate of drug-likeness (QED) is 0.550. The molecule has 2 amide bonds. The number of hydrogen-bond acceptors (Lipinski definition) is 4. The third-order valence-electron chi connectivity index (χ3n) is 5.85. The number of amides is 2. The zero-order valence-corrected chi connectivity index (χ0v) is 18.7. The molecule has 0 fully saturated rings. The van der Waals surface area contributed by atoms with Crippen LogP contribution in [0.3, 0.4) is 0 Å². The summed E-state index contributed by atoms with van der Waals surface area (Å²) in [7, 11) is 0. The molecule has 170 valence electrons. The lowest BCUT2D eigenvalue weighted by Gasteiger charge is -2.20. The normalized spacial score (nSPS) is 13.6. The van der Waals surface area contributed by atoms with E-state index in [1.54, 1.807) is 20.8 Å². The van der Waals surface area contributed by atoms with Gasteiger partial charge in [-0.15, -0.1) is 0 Å². The Balaban J connectivity index is 1.46. The summed E-state index contributed by atoms with van der Waals surface area (Å²) in [5.74, 6) is -1.18. The molecule has 0 heterocycles. The number of carboxylic acid groups (broad SMARTS) is 1. The number of carbonyl (C=O) groups is 3. The Hall–Kier alpha value is -3.35. The number of alkyl carbamates (subject to hydrolysis) is 1. The van der Waals surface area contributed by atoms with Crippen molar-refractivity contribution in [2.45, 2.75) is 45.6 Å². The van der Waals surface area contributed by atoms with Gasteiger partial charge in [0.05, 0.1) is 5.41 Å². The summed E-state index contributed by atoms with van der Waals surface area (Å²) in [6.07, 6.45) is -0.167. The van der Waals surface area contributed by atoms with Crippen LogP contribution in [-0.4, -0.2) is 42.3 Å². The van der Waals surface area contributed by atoms with Crippen LogP contribution in [0.5, 0.6) is 0 Å². The van der Waals surface area contributed by atoms with Crippen LogP contribution in [0.25, 0.3) is 11.1 Å². The minimum atomic E-state index is -0.906. The smallest absolute Gasteiger partial charge is 0.407 e. The van der Waals surface area contributed by atoms with E-state index in [4.69, 9.17) is 9.84 Å². The Morgan fingerprint density at radius 3 is 2.16 bits per heavy atom. The molecular weight excluding hydrogens is 408 g/mol. The maximum absolute atomic E-state index is 12.3. The molecule has 0 aromatic heterocycles. The van der Waals surface area contributed by atoms with Gasteiger partial charge in [0.25, 0.3) is 0 Å². The summed E-state index contributed by atoms with van der Waals surface area (Å²) in [6, 6.07) is 15.8. The van der Waals surface area contributed by atoms with Crippen LogP contribution in [0.1, 0.15) is 50.7 Å². The van der Waals surface area contributed by atoms with E-state index in [0.29, 0.717) is 6.42 Å². The number of benzene rings is 2. The Labute approximate surface area is 188 Å². The van der Waals surface area contributed by atoms with Crippen molar-refractivity contribution >= 4 is 18.0 Å². The second-order valence-corrected chi connectivity index (χ2v) is 8.86. The van der Waals surface area contributed by atoms with Crippen LogP contribution in [0, 0.1) is 5.41 Å². The lowest BCUT2D eigenvalue weighted by molar-refractivity contribution is -0.147. The number of fused-ring (bicyclic) bond motifs is 3. The third-order valence-corrected chi connectivity index (χ3v) is 5.85. The predicted octanol–water partition coefficient (Wildman–Crippen LogP) is 3.92. The van der Waals surface area contributed by atoms with Crippen molar-refractivity contribution in [1.29, 1.82) is 0 Å². The van der Waals surface area contributed by atoms with Crippen molar-refractivity contribution < 1.29 is 24.2 Å². The molecule has 32 heavy (non-hydrogen) atoms. The van der Waals surface area contributed by atoms with E-state index >= 15 is 0 Å². The summed E-state index contributed by atoms with van der Waals surface area (Å²) in [5.41, 5.74) is 3.69. The zero-order chi connectivity index (χ0) is 23.3. The van der Waals surface area contributed by atoms with Crippen molar-refractivity contribution in [3.63, 3.8) is 0 Å². The minimum Gasteiger partial charge on any atom is -0.481 e. The molecule has 0 spiro atoms. The molecule has 0 saturated heterocycles. The number of rotatable bonds is 9. The molecule has 1 aliphatic carbocycles. The monoisotopic (exact) mass is 438 g/mol. The average molecular weight is 439 g/mol. The molecule has 3 rings (SSSR count). The standard InChI is InChI=1S/C25H30N2O5/c1-16(14-22(28)26-13-12-25(2,3)23(29)30)27-24(31)32-15-21-19-10-6-4-8-17(19)18-9-5-7-11-20(18)21/h4-11,16,21H,12-15H2,1-3H3,(H,26,28)(H,27,31)(H,29,30)/t16-/m0/s1. The Morgan fingerprint density at radius 2 is 1.59 bits per heavy atom. The van der Waals surface area contributed by atoms with Gasteiger partial charge in [0.15, 0.2) is 0 Å². The summed E-state index contributed by atoms with van der Waals surface area (Å²) >= 11 is 0. The summed E-state index contributed by atoms with van der Waals surface area (Å²) in [6.45, 7) is 5.42. The van der Waals surface area contributed by atoms with Crippen molar-refractivity contribution in [2.75, 3.05) is 13.2 Å². The van der Waals surface area contributed by atoms with Gasteiger partial charge in [0, 0.05) is 24.9 Å². The first kappa shape index (κ1) is 23.3. The van der Waals surface area contributed by atoms with Crippen LogP contribution in [0.2, 0.25) is 0 Å². The van der Waals surface area contributed by atoms with Gasteiger partial charge < -0.3 is 20.5 Å². The number of hydrogen-bond donors (Lipinski definition) is 3. The van der Waals surface area contributed by atoms with Crippen molar-refractivity contribution in [2.24, 2.45) is 5.41 Å². The van der Waals surface area contributed by atoms with Crippen molar-refractivity contribution in [3.8, 4) is 11.1 Å². The molecule has 3 N–H and O–H groups in total. The molecule has 0 unspecified atom stereocenters. The van der Waals surface area contributed by atoms with E-state index < -0.39 is 23.5 Å². The highest BCUT2D eigenvalue weighted by Crippen LogP contribution is 2.44. The molecule has 0 bridgehead atoms. The second kappa shape index (κ2) is 9.85. The number of carboxylic acids is 1. The fourth-order valence-corrected chi connectivity index (χ4v) is 3.86. The van der Waals surface area contributed by atoms with E-state index in [1.807, 2.05) is 24.3 Å². The van der Waals surface area contributed by atoms with Gasteiger partial charge in [-0.25, -0.2) is 4.79 Å². The fourth-order valence-electron chi connectivity index (χ4n) is 3.86. The van der Waals surface area contributed by atoms with Gasteiger partial charge >= 0.3 is 12.1 Å². The first-order chi connectivity index (χ1) is 15.2. The first-order valence-corrected chi connectivity index (χ1v) is 10.8.